The number of hydrogen-bond acceptors (Lipinski definition) is 4. The van der Waals surface area contributed by atoms with Crippen molar-refractivity contribution >= 4 is 22.6 Å². The van der Waals surface area contributed by atoms with Crippen molar-refractivity contribution in [2.45, 2.75) is 51.2 Å². The van der Waals surface area contributed by atoms with Crippen LogP contribution in [0.5, 0.6) is 0 Å². The van der Waals surface area contributed by atoms with Crippen molar-refractivity contribution in [3.8, 4) is 0 Å². The molecule has 0 spiro atoms. The highest BCUT2D eigenvalue weighted by molar-refractivity contribution is 14.1. The maximum Gasteiger partial charge on any atom is 0.264 e. The van der Waals surface area contributed by atoms with E-state index in [9.17, 15) is 4.79 Å². The molecule has 1 aliphatic carbocycles. The zero-order valence-corrected chi connectivity index (χ0v) is 14.2. The molecule has 1 aromatic rings. The second-order valence-corrected chi connectivity index (χ2v) is 6.17. The molecule has 0 unspecified atom stereocenters. The predicted molar refractivity (Wildman–Crippen MR) is 84.7 cm³/mol. The van der Waals surface area contributed by atoms with Crippen LogP contribution in [0.4, 0.5) is 0 Å². The van der Waals surface area contributed by atoms with E-state index in [2.05, 4.69) is 9.97 Å². The van der Waals surface area contributed by atoms with Crippen LogP contribution in [0.15, 0.2) is 4.79 Å². The normalized spacial score (nSPS) is 18.1. The average molecular weight is 392 g/mol. The minimum absolute atomic E-state index is 0.104. The van der Waals surface area contributed by atoms with Crippen molar-refractivity contribution in [2.75, 3.05) is 13.7 Å². The van der Waals surface area contributed by atoms with Gasteiger partial charge in [0, 0.05) is 13.7 Å². The van der Waals surface area contributed by atoms with Crippen LogP contribution in [0.3, 0.4) is 0 Å². The third kappa shape index (κ3) is 3.23. The summed E-state index contributed by atoms with van der Waals surface area (Å²) in [6.45, 7) is 2.95. The lowest BCUT2D eigenvalue weighted by Gasteiger charge is -2.36. The highest BCUT2D eigenvalue weighted by Crippen LogP contribution is 2.38. The first-order valence-electron chi connectivity index (χ1n) is 7.05. The Bertz CT molecular complexity index is 504. The first-order chi connectivity index (χ1) is 9.63. The molecule has 1 saturated carbocycles. The summed E-state index contributed by atoms with van der Waals surface area (Å²) >= 11 is 2.01. The summed E-state index contributed by atoms with van der Waals surface area (Å²) < 4.78 is 11.7. The number of ether oxygens (including phenoxy) is 2. The van der Waals surface area contributed by atoms with Crippen molar-refractivity contribution < 1.29 is 9.47 Å². The van der Waals surface area contributed by atoms with E-state index in [4.69, 9.17) is 9.47 Å². The Kier molecular flexibility index (Phi) is 5.57. The summed E-state index contributed by atoms with van der Waals surface area (Å²) in [5, 5.41) is 0. The van der Waals surface area contributed by atoms with E-state index in [1.807, 2.05) is 29.5 Å². The molecule has 6 heteroatoms. The highest BCUT2D eigenvalue weighted by atomic mass is 127. The second-order valence-electron chi connectivity index (χ2n) is 5.10. The van der Waals surface area contributed by atoms with Gasteiger partial charge >= 0.3 is 0 Å². The Balaban J connectivity index is 2.45. The van der Waals surface area contributed by atoms with E-state index in [0.717, 1.165) is 25.7 Å². The predicted octanol–water partition coefficient (Wildman–Crippen LogP) is 2.72. The molecular formula is C14H21IN2O3. The molecule has 1 N–H and O–H groups in total. The lowest BCUT2D eigenvalue weighted by atomic mass is 9.83. The van der Waals surface area contributed by atoms with E-state index >= 15 is 0 Å². The van der Waals surface area contributed by atoms with E-state index < -0.39 is 5.60 Å². The van der Waals surface area contributed by atoms with E-state index in [1.165, 1.54) is 6.42 Å². The smallest absolute Gasteiger partial charge is 0.264 e. The Labute approximate surface area is 132 Å². The van der Waals surface area contributed by atoms with Crippen molar-refractivity contribution in [3.05, 3.63) is 25.4 Å². The van der Waals surface area contributed by atoms with Crippen LogP contribution in [0.1, 0.15) is 50.5 Å². The second kappa shape index (κ2) is 7.00. The van der Waals surface area contributed by atoms with Gasteiger partial charge in [-0.15, -0.1) is 0 Å². The van der Waals surface area contributed by atoms with Crippen molar-refractivity contribution in [1.29, 1.82) is 0 Å². The van der Waals surface area contributed by atoms with Gasteiger partial charge in [0.25, 0.3) is 5.56 Å². The van der Waals surface area contributed by atoms with Gasteiger partial charge in [-0.05, 0) is 42.4 Å². The lowest BCUT2D eigenvalue weighted by molar-refractivity contribution is -0.0771. The molecule has 1 heterocycles. The first kappa shape index (κ1) is 15.9. The fourth-order valence-corrected chi connectivity index (χ4v) is 3.21. The molecule has 112 valence electrons. The average Bonchev–Trinajstić information content (AvgIpc) is 2.45. The van der Waals surface area contributed by atoms with Crippen molar-refractivity contribution in [2.24, 2.45) is 0 Å². The zero-order chi connectivity index (χ0) is 14.6. The molecule has 20 heavy (non-hydrogen) atoms. The number of H-pyrrole nitrogens is 1. The molecule has 0 amide bonds. The standard InChI is InChI=1S/C14H21IN2O3/c1-3-20-14(7-5-4-6-8-14)13-16-10(9-19-2)11(15)12(18)17-13/h3-9H2,1-2H3,(H,16,17,18). The highest BCUT2D eigenvalue weighted by Gasteiger charge is 2.37. The third-order valence-electron chi connectivity index (χ3n) is 3.73. The van der Waals surface area contributed by atoms with E-state index in [1.54, 1.807) is 7.11 Å². The quantitative estimate of drug-likeness (QED) is 0.783. The maximum atomic E-state index is 12.1. The number of aromatic nitrogens is 2. The minimum Gasteiger partial charge on any atom is -0.378 e. The molecule has 5 nitrogen and oxygen atoms in total. The summed E-state index contributed by atoms with van der Waals surface area (Å²) in [7, 11) is 1.61. The molecular weight excluding hydrogens is 371 g/mol. The number of nitrogens with one attached hydrogen (secondary N) is 1. The molecule has 1 fully saturated rings. The Morgan fingerprint density at radius 1 is 1.35 bits per heavy atom. The molecule has 1 aromatic heterocycles. The number of nitrogens with zero attached hydrogens (tertiary/aromatic N) is 1. The summed E-state index contributed by atoms with van der Waals surface area (Å²) in [5.41, 5.74) is 0.155. The SMILES string of the molecule is CCOC1(c2nc(COC)c(I)c(=O)[nH]2)CCCCC1. The Morgan fingerprint density at radius 3 is 2.65 bits per heavy atom. The fourth-order valence-electron chi connectivity index (χ4n) is 2.80. The van der Waals surface area contributed by atoms with Crippen LogP contribution in [-0.2, 0) is 21.7 Å². The molecule has 0 radical (unpaired) electrons. The molecule has 0 aromatic carbocycles. The van der Waals surface area contributed by atoms with Gasteiger partial charge in [-0.2, -0.15) is 0 Å². The zero-order valence-electron chi connectivity index (χ0n) is 12.0. The number of methoxy groups -OCH3 is 1. The summed E-state index contributed by atoms with van der Waals surface area (Å²) in [6, 6.07) is 0. The molecule has 0 saturated heterocycles. The van der Waals surface area contributed by atoms with Crippen LogP contribution in [0.25, 0.3) is 0 Å². The number of hydrogen-bond donors (Lipinski definition) is 1. The molecule has 2 rings (SSSR count). The van der Waals surface area contributed by atoms with Crippen molar-refractivity contribution in [1.82, 2.24) is 9.97 Å². The Hall–Kier alpha value is -0.470. The number of rotatable bonds is 5. The van der Waals surface area contributed by atoms with Crippen LogP contribution < -0.4 is 5.56 Å². The fraction of sp³-hybridized carbons (Fsp3) is 0.714. The number of halogens is 1. The first-order valence-corrected chi connectivity index (χ1v) is 8.13. The largest absolute Gasteiger partial charge is 0.378 e. The van der Waals surface area contributed by atoms with Crippen LogP contribution in [0, 0.1) is 3.57 Å². The molecule has 0 atom stereocenters. The van der Waals surface area contributed by atoms with Crippen molar-refractivity contribution in [3.63, 3.8) is 0 Å². The Morgan fingerprint density at radius 2 is 2.05 bits per heavy atom. The summed E-state index contributed by atoms with van der Waals surface area (Å²) in [6.07, 6.45) is 5.26. The third-order valence-corrected chi connectivity index (χ3v) is 4.84. The van der Waals surface area contributed by atoms with E-state index in [0.29, 0.717) is 28.3 Å². The van der Waals surface area contributed by atoms with Gasteiger partial charge in [-0.3, -0.25) is 4.79 Å². The minimum atomic E-state index is -0.432. The van der Waals surface area contributed by atoms with Crippen LogP contribution >= 0.6 is 22.6 Å². The van der Waals surface area contributed by atoms with Crippen LogP contribution in [-0.4, -0.2) is 23.7 Å². The van der Waals surface area contributed by atoms with Gasteiger partial charge < -0.3 is 14.5 Å². The van der Waals surface area contributed by atoms with E-state index in [-0.39, 0.29) is 5.56 Å². The van der Waals surface area contributed by atoms with Gasteiger partial charge in [-0.1, -0.05) is 19.3 Å². The van der Waals surface area contributed by atoms with Gasteiger partial charge in [0.15, 0.2) is 0 Å². The van der Waals surface area contributed by atoms with Crippen LogP contribution in [0.2, 0.25) is 0 Å². The maximum absolute atomic E-state index is 12.1. The van der Waals surface area contributed by atoms with Gasteiger partial charge in [0.1, 0.15) is 15.0 Å². The summed E-state index contributed by atoms with van der Waals surface area (Å²) in [5.74, 6) is 0.663. The summed E-state index contributed by atoms with van der Waals surface area (Å²) in [4.78, 5) is 19.6. The van der Waals surface area contributed by atoms with Gasteiger partial charge in [-0.25, -0.2) is 4.98 Å². The van der Waals surface area contributed by atoms with Gasteiger partial charge in [0.05, 0.1) is 12.3 Å². The number of aromatic amines is 1. The molecule has 0 bridgehead atoms. The lowest BCUT2D eigenvalue weighted by Crippen LogP contribution is -2.37. The molecule has 0 aliphatic heterocycles. The monoisotopic (exact) mass is 392 g/mol. The topological polar surface area (TPSA) is 64.2 Å². The van der Waals surface area contributed by atoms with Gasteiger partial charge in [0.2, 0.25) is 0 Å². The molecule has 1 aliphatic rings.